The lowest BCUT2D eigenvalue weighted by molar-refractivity contribution is -0.140. The van der Waals surface area contributed by atoms with Crippen molar-refractivity contribution in [2.45, 2.75) is 32.9 Å². The number of aliphatic hydroxyl groups excluding tert-OH is 1. The molecule has 1 N–H and O–H groups in total. The van der Waals surface area contributed by atoms with Crippen LogP contribution in [0.3, 0.4) is 0 Å². The number of hydrogen-bond donors (Lipinski definition) is 1. The third-order valence-corrected chi connectivity index (χ3v) is 7.16. The van der Waals surface area contributed by atoms with E-state index in [1.807, 2.05) is 55.4 Å². The minimum atomic E-state index is -0.794. The van der Waals surface area contributed by atoms with Crippen molar-refractivity contribution >= 4 is 17.4 Å². The second-order valence-corrected chi connectivity index (χ2v) is 11.0. The number of likely N-dealkylation sites (tertiary alicyclic amines) is 1. The Morgan fingerprint density at radius 1 is 0.952 bits per heavy atom. The number of aliphatic hydroxyl groups is 1. The fourth-order valence-electron chi connectivity index (χ4n) is 4.75. The van der Waals surface area contributed by atoms with Crippen molar-refractivity contribution in [3.63, 3.8) is 0 Å². The van der Waals surface area contributed by atoms with Crippen LogP contribution in [0.4, 0.5) is 0 Å². The maximum absolute atomic E-state index is 13.4. The van der Waals surface area contributed by atoms with Gasteiger partial charge < -0.3 is 29.1 Å². The summed E-state index contributed by atoms with van der Waals surface area (Å²) in [5.41, 5.74) is 2.13. The van der Waals surface area contributed by atoms with Gasteiger partial charge in [0.15, 0.2) is 11.5 Å². The number of amides is 1. The fraction of sp³-hybridized carbons (Fsp3) is 0.353. The molecule has 1 atom stereocenters. The average molecular weight is 573 g/mol. The van der Waals surface area contributed by atoms with Crippen LogP contribution in [0.2, 0.25) is 0 Å². The molecular formula is C34H40N2O6. The molecule has 1 aliphatic rings. The van der Waals surface area contributed by atoms with Gasteiger partial charge in [-0.05, 0) is 74.0 Å². The molecule has 4 rings (SSSR count). The van der Waals surface area contributed by atoms with Crippen LogP contribution in [0.1, 0.15) is 43.0 Å². The van der Waals surface area contributed by atoms with Gasteiger partial charge in [-0.15, -0.1) is 0 Å². The Bertz CT molecular complexity index is 1400. The van der Waals surface area contributed by atoms with Crippen LogP contribution in [0.5, 0.6) is 17.2 Å². The second-order valence-electron chi connectivity index (χ2n) is 11.0. The summed E-state index contributed by atoms with van der Waals surface area (Å²) in [5, 5.41) is 11.5. The predicted octanol–water partition coefficient (Wildman–Crippen LogP) is 5.68. The molecule has 8 heteroatoms. The molecule has 0 radical (unpaired) electrons. The van der Waals surface area contributed by atoms with E-state index in [-0.39, 0.29) is 11.3 Å². The summed E-state index contributed by atoms with van der Waals surface area (Å²) < 4.78 is 17.5. The third-order valence-electron chi connectivity index (χ3n) is 7.16. The molecule has 3 aromatic rings. The average Bonchev–Trinajstić information content (AvgIpc) is 3.24. The maximum Gasteiger partial charge on any atom is 0.295 e. The van der Waals surface area contributed by atoms with Crippen molar-refractivity contribution < 1.29 is 28.9 Å². The molecule has 0 spiro atoms. The highest BCUT2D eigenvalue weighted by molar-refractivity contribution is 6.46. The van der Waals surface area contributed by atoms with Gasteiger partial charge in [0, 0.05) is 18.7 Å². The van der Waals surface area contributed by atoms with E-state index in [4.69, 9.17) is 14.2 Å². The first-order chi connectivity index (χ1) is 20.2. The number of carbonyl (C=O) groups excluding carboxylic acids is 2. The molecule has 1 aliphatic heterocycles. The lowest BCUT2D eigenvalue weighted by Gasteiger charge is -2.27. The Morgan fingerprint density at radius 2 is 1.67 bits per heavy atom. The SMILES string of the molecule is COc1cc(C2/C(=C(\O)c3ccc(OCc4ccccc4)cc3)C(=O)C(=O)N2CCN(C)C)ccc1OCCC(C)C. The Hall–Kier alpha value is -4.30. The first-order valence-corrected chi connectivity index (χ1v) is 14.2. The minimum Gasteiger partial charge on any atom is -0.507 e. The van der Waals surface area contributed by atoms with Crippen LogP contribution < -0.4 is 14.2 Å². The van der Waals surface area contributed by atoms with E-state index >= 15 is 0 Å². The van der Waals surface area contributed by atoms with Gasteiger partial charge in [-0.25, -0.2) is 0 Å². The quantitative estimate of drug-likeness (QED) is 0.160. The Kier molecular flexibility index (Phi) is 10.3. The smallest absolute Gasteiger partial charge is 0.295 e. The molecular weight excluding hydrogens is 532 g/mol. The number of rotatable bonds is 13. The summed E-state index contributed by atoms with van der Waals surface area (Å²) in [5.74, 6) is 0.579. The van der Waals surface area contributed by atoms with Crippen molar-refractivity contribution in [2.24, 2.45) is 5.92 Å². The minimum absolute atomic E-state index is 0.0345. The van der Waals surface area contributed by atoms with Gasteiger partial charge in [0.25, 0.3) is 11.7 Å². The van der Waals surface area contributed by atoms with Gasteiger partial charge in [0.05, 0.1) is 25.3 Å². The normalized spacial score (nSPS) is 16.4. The van der Waals surface area contributed by atoms with Crippen molar-refractivity contribution in [1.82, 2.24) is 9.80 Å². The standard InChI is InChI=1S/C34H40N2O6/c1-23(2)17-20-41-28-16-13-26(21-29(28)40-5)31-30(33(38)34(39)36(31)19-18-35(3)4)32(37)25-11-14-27(15-12-25)42-22-24-9-7-6-8-10-24/h6-16,21,23,31,37H,17-20,22H2,1-5H3/b32-30+. The number of benzene rings is 3. The second kappa shape index (κ2) is 14.0. The highest BCUT2D eigenvalue weighted by Crippen LogP contribution is 2.42. The summed E-state index contributed by atoms with van der Waals surface area (Å²) in [6.45, 7) is 6.06. The highest BCUT2D eigenvalue weighted by atomic mass is 16.5. The number of nitrogens with zero attached hydrogens (tertiary/aromatic N) is 2. The number of carbonyl (C=O) groups is 2. The third kappa shape index (κ3) is 7.31. The van der Waals surface area contributed by atoms with Crippen LogP contribution >= 0.6 is 0 Å². The number of Topliss-reactive ketones (excluding diaryl/α,β-unsaturated/α-hetero) is 1. The molecule has 1 amide bonds. The van der Waals surface area contributed by atoms with E-state index in [0.717, 1.165) is 12.0 Å². The van der Waals surface area contributed by atoms with Gasteiger partial charge in [0.2, 0.25) is 0 Å². The molecule has 8 nitrogen and oxygen atoms in total. The zero-order chi connectivity index (χ0) is 30.2. The summed E-state index contributed by atoms with van der Waals surface area (Å²) in [4.78, 5) is 30.1. The predicted molar refractivity (Wildman–Crippen MR) is 163 cm³/mol. The lowest BCUT2D eigenvalue weighted by Crippen LogP contribution is -2.35. The van der Waals surface area contributed by atoms with E-state index in [0.29, 0.717) is 60.6 Å². The molecule has 0 aromatic heterocycles. The molecule has 1 unspecified atom stereocenters. The van der Waals surface area contributed by atoms with Gasteiger partial charge >= 0.3 is 0 Å². The number of hydrogen-bond acceptors (Lipinski definition) is 7. The maximum atomic E-state index is 13.4. The molecule has 0 aliphatic carbocycles. The van der Waals surface area contributed by atoms with Gasteiger partial charge in [0.1, 0.15) is 18.1 Å². The Morgan fingerprint density at radius 3 is 2.31 bits per heavy atom. The van der Waals surface area contributed by atoms with Gasteiger partial charge in [-0.2, -0.15) is 0 Å². The summed E-state index contributed by atoms with van der Waals surface area (Å²) >= 11 is 0. The van der Waals surface area contributed by atoms with Crippen molar-refractivity contribution in [3.8, 4) is 17.2 Å². The van der Waals surface area contributed by atoms with E-state index in [2.05, 4.69) is 13.8 Å². The number of methoxy groups -OCH3 is 1. The summed E-state index contributed by atoms with van der Waals surface area (Å²) in [6.07, 6.45) is 0.895. The molecule has 0 bridgehead atoms. The van der Waals surface area contributed by atoms with E-state index < -0.39 is 17.7 Å². The first kappa shape index (κ1) is 30.7. The number of likely N-dealkylation sites (N-methyl/N-ethyl adjacent to an activating group) is 1. The molecule has 222 valence electrons. The van der Waals surface area contributed by atoms with Crippen LogP contribution in [0.15, 0.2) is 78.4 Å². The molecule has 1 fully saturated rings. The number of ether oxygens (including phenoxy) is 3. The first-order valence-electron chi connectivity index (χ1n) is 14.2. The zero-order valence-corrected chi connectivity index (χ0v) is 25.0. The van der Waals surface area contributed by atoms with Crippen LogP contribution in [0.25, 0.3) is 5.76 Å². The lowest BCUT2D eigenvalue weighted by atomic mass is 9.95. The molecule has 0 saturated carbocycles. The number of ketones is 1. The topological polar surface area (TPSA) is 88.5 Å². The summed E-state index contributed by atoms with van der Waals surface area (Å²) in [6, 6.07) is 21.3. The monoisotopic (exact) mass is 572 g/mol. The highest BCUT2D eigenvalue weighted by Gasteiger charge is 2.46. The van der Waals surface area contributed by atoms with E-state index in [1.54, 1.807) is 43.5 Å². The molecule has 1 heterocycles. The van der Waals surface area contributed by atoms with E-state index in [1.165, 1.54) is 4.90 Å². The Balaban J connectivity index is 1.67. The zero-order valence-electron chi connectivity index (χ0n) is 25.0. The van der Waals surface area contributed by atoms with E-state index in [9.17, 15) is 14.7 Å². The van der Waals surface area contributed by atoms with Crippen molar-refractivity contribution in [3.05, 3.63) is 95.1 Å². The largest absolute Gasteiger partial charge is 0.507 e. The van der Waals surface area contributed by atoms with Crippen LogP contribution in [0, 0.1) is 5.92 Å². The van der Waals surface area contributed by atoms with Crippen LogP contribution in [-0.4, -0.2) is 67.5 Å². The summed E-state index contributed by atoms with van der Waals surface area (Å²) in [7, 11) is 5.36. The van der Waals surface area contributed by atoms with Crippen molar-refractivity contribution in [1.29, 1.82) is 0 Å². The molecule has 3 aromatic carbocycles. The Labute approximate surface area is 248 Å². The van der Waals surface area contributed by atoms with Gasteiger partial charge in [-0.1, -0.05) is 50.2 Å². The van der Waals surface area contributed by atoms with Crippen LogP contribution in [-0.2, 0) is 16.2 Å². The molecule has 42 heavy (non-hydrogen) atoms. The molecule has 1 saturated heterocycles. The van der Waals surface area contributed by atoms with Crippen molar-refractivity contribution in [2.75, 3.05) is 40.9 Å². The van der Waals surface area contributed by atoms with Gasteiger partial charge in [-0.3, -0.25) is 9.59 Å². The fourth-order valence-corrected chi connectivity index (χ4v) is 4.75.